The van der Waals surface area contributed by atoms with Gasteiger partial charge in [0.25, 0.3) is 0 Å². The van der Waals surface area contributed by atoms with E-state index in [1.165, 1.54) is 22.6 Å². The first-order valence-corrected chi connectivity index (χ1v) is 7.69. The summed E-state index contributed by atoms with van der Waals surface area (Å²) < 4.78 is 31.9. The van der Waals surface area contributed by atoms with Gasteiger partial charge in [0.05, 0.1) is 18.1 Å². The summed E-state index contributed by atoms with van der Waals surface area (Å²) in [5, 5.41) is 10.2. The van der Waals surface area contributed by atoms with Crippen molar-refractivity contribution in [3.63, 3.8) is 0 Å². The lowest BCUT2D eigenvalue weighted by Crippen LogP contribution is -2.40. The van der Waals surface area contributed by atoms with Crippen LogP contribution in [-0.4, -0.2) is 49.1 Å². The Morgan fingerprint density at radius 1 is 1.20 bits per heavy atom. The van der Waals surface area contributed by atoms with E-state index in [9.17, 15) is 13.5 Å². The Morgan fingerprint density at radius 2 is 1.95 bits per heavy atom. The standard InChI is InChI=1S/C13H14N2O4S/c16-11-3-4-12(10-2-1-5-14-13(10)11)20(17,18)15-6-8-19-9-7-15/h1-5,16H,6-9H2. The SMILES string of the molecule is O=S(=O)(c1ccc(O)c2ncccc12)N1CCOCC1. The molecule has 0 spiro atoms. The van der Waals surface area contributed by atoms with E-state index in [-0.39, 0.29) is 10.6 Å². The van der Waals surface area contributed by atoms with Gasteiger partial charge in [-0.2, -0.15) is 4.31 Å². The van der Waals surface area contributed by atoms with E-state index in [2.05, 4.69) is 4.98 Å². The van der Waals surface area contributed by atoms with E-state index in [1.807, 2.05) is 0 Å². The first kappa shape index (κ1) is 13.3. The molecule has 1 N–H and O–H groups in total. The molecule has 1 fully saturated rings. The van der Waals surface area contributed by atoms with Crippen LogP contribution in [0.25, 0.3) is 10.9 Å². The molecule has 0 bridgehead atoms. The number of benzene rings is 1. The number of rotatable bonds is 2. The van der Waals surface area contributed by atoms with Gasteiger partial charge in [0, 0.05) is 24.7 Å². The fourth-order valence-corrected chi connectivity index (χ4v) is 3.87. The van der Waals surface area contributed by atoms with Gasteiger partial charge in [-0.15, -0.1) is 0 Å². The number of aromatic nitrogens is 1. The minimum atomic E-state index is -3.60. The van der Waals surface area contributed by atoms with Crippen molar-refractivity contribution >= 4 is 20.9 Å². The minimum Gasteiger partial charge on any atom is -0.506 e. The quantitative estimate of drug-likeness (QED) is 0.892. The summed E-state index contributed by atoms with van der Waals surface area (Å²) in [6, 6.07) is 6.09. The van der Waals surface area contributed by atoms with E-state index < -0.39 is 10.0 Å². The van der Waals surface area contributed by atoms with Crippen LogP contribution >= 0.6 is 0 Å². The molecule has 0 saturated carbocycles. The number of hydrogen-bond donors (Lipinski definition) is 1. The number of phenols is 1. The number of hydrogen-bond acceptors (Lipinski definition) is 5. The molecule has 1 aliphatic heterocycles. The number of ether oxygens (including phenoxy) is 1. The molecule has 2 aromatic rings. The maximum atomic E-state index is 12.7. The molecule has 20 heavy (non-hydrogen) atoms. The third-order valence-corrected chi connectivity index (χ3v) is 5.25. The maximum absolute atomic E-state index is 12.7. The molecule has 0 aliphatic carbocycles. The summed E-state index contributed by atoms with van der Waals surface area (Å²) in [4.78, 5) is 4.21. The van der Waals surface area contributed by atoms with Crippen LogP contribution in [-0.2, 0) is 14.8 Å². The molecular weight excluding hydrogens is 280 g/mol. The molecule has 1 aromatic heterocycles. The lowest BCUT2D eigenvalue weighted by atomic mass is 10.2. The number of fused-ring (bicyclic) bond motifs is 1. The average molecular weight is 294 g/mol. The van der Waals surface area contributed by atoms with Crippen molar-refractivity contribution in [2.24, 2.45) is 0 Å². The second-order valence-electron chi connectivity index (χ2n) is 4.50. The van der Waals surface area contributed by atoms with Gasteiger partial charge in [0.15, 0.2) is 0 Å². The molecule has 1 aromatic carbocycles. The first-order chi connectivity index (χ1) is 9.60. The first-order valence-electron chi connectivity index (χ1n) is 6.25. The second-order valence-corrected chi connectivity index (χ2v) is 6.41. The van der Waals surface area contributed by atoms with Crippen molar-refractivity contribution < 1.29 is 18.3 Å². The summed E-state index contributed by atoms with van der Waals surface area (Å²) in [6.45, 7) is 1.47. The molecule has 106 valence electrons. The molecule has 0 atom stereocenters. The van der Waals surface area contributed by atoms with Gasteiger partial charge in [-0.25, -0.2) is 8.42 Å². The van der Waals surface area contributed by atoms with Gasteiger partial charge < -0.3 is 9.84 Å². The smallest absolute Gasteiger partial charge is 0.243 e. The summed E-state index contributed by atoms with van der Waals surface area (Å²) in [5.74, 6) is -0.0264. The highest BCUT2D eigenvalue weighted by molar-refractivity contribution is 7.89. The van der Waals surface area contributed by atoms with Crippen LogP contribution in [0.5, 0.6) is 5.75 Å². The molecule has 1 saturated heterocycles. The largest absolute Gasteiger partial charge is 0.506 e. The Labute approximate surface area is 116 Å². The van der Waals surface area contributed by atoms with E-state index in [0.29, 0.717) is 37.2 Å². The number of nitrogens with zero attached hydrogens (tertiary/aromatic N) is 2. The van der Waals surface area contributed by atoms with Crippen LogP contribution in [0.1, 0.15) is 0 Å². The van der Waals surface area contributed by atoms with Crippen molar-refractivity contribution in [2.75, 3.05) is 26.3 Å². The van der Waals surface area contributed by atoms with E-state index in [4.69, 9.17) is 4.74 Å². The lowest BCUT2D eigenvalue weighted by molar-refractivity contribution is 0.0730. The van der Waals surface area contributed by atoms with Gasteiger partial charge in [-0.1, -0.05) is 0 Å². The lowest BCUT2D eigenvalue weighted by Gasteiger charge is -2.26. The van der Waals surface area contributed by atoms with Crippen molar-refractivity contribution in [2.45, 2.75) is 4.90 Å². The number of pyridine rings is 1. The maximum Gasteiger partial charge on any atom is 0.243 e. The fourth-order valence-electron chi connectivity index (χ4n) is 2.28. The van der Waals surface area contributed by atoms with E-state index in [0.717, 1.165) is 0 Å². The van der Waals surface area contributed by atoms with Crippen LogP contribution in [0.3, 0.4) is 0 Å². The van der Waals surface area contributed by atoms with E-state index >= 15 is 0 Å². The molecule has 7 heteroatoms. The highest BCUT2D eigenvalue weighted by Crippen LogP contribution is 2.30. The van der Waals surface area contributed by atoms with Crippen LogP contribution in [0, 0.1) is 0 Å². The average Bonchev–Trinajstić information content (AvgIpc) is 2.48. The minimum absolute atomic E-state index is 0.0264. The predicted octanol–water partition coefficient (Wildman–Crippen LogP) is 0.961. The van der Waals surface area contributed by atoms with Gasteiger partial charge in [-0.3, -0.25) is 4.98 Å². The summed E-state index contributed by atoms with van der Waals surface area (Å²) in [7, 11) is -3.60. The van der Waals surface area contributed by atoms with Gasteiger partial charge in [0.1, 0.15) is 11.3 Å². The van der Waals surface area contributed by atoms with Crippen molar-refractivity contribution in [3.05, 3.63) is 30.5 Å². The Bertz CT molecular complexity index is 739. The Morgan fingerprint density at radius 3 is 2.70 bits per heavy atom. The number of morpholine rings is 1. The van der Waals surface area contributed by atoms with Gasteiger partial charge in [0.2, 0.25) is 10.0 Å². The van der Waals surface area contributed by atoms with Crippen molar-refractivity contribution in [1.29, 1.82) is 0 Å². The van der Waals surface area contributed by atoms with Crippen LogP contribution in [0.4, 0.5) is 0 Å². The van der Waals surface area contributed by atoms with Crippen molar-refractivity contribution in [3.8, 4) is 5.75 Å². The second kappa shape index (κ2) is 5.01. The highest BCUT2D eigenvalue weighted by atomic mass is 32.2. The van der Waals surface area contributed by atoms with Gasteiger partial charge >= 0.3 is 0 Å². The molecular formula is C13H14N2O4S. The van der Waals surface area contributed by atoms with E-state index in [1.54, 1.807) is 12.1 Å². The fraction of sp³-hybridized carbons (Fsp3) is 0.308. The number of sulfonamides is 1. The van der Waals surface area contributed by atoms with Crippen LogP contribution < -0.4 is 0 Å². The zero-order valence-corrected chi connectivity index (χ0v) is 11.5. The number of phenolic OH excluding ortho intramolecular Hbond substituents is 1. The molecule has 6 nitrogen and oxygen atoms in total. The Balaban J connectivity index is 2.16. The normalized spacial score (nSPS) is 17.4. The number of aromatic hydroxyl groups is 1. The van der Waals surface area contributed by atoms with Crippen LogP contribution in [0.15, 0.2) is 35.4 Å². The monoisotopic (exact) mass is 294 g/mol. The van der Waals surface area contributed by atoms with Crippen LogP contribution in [0.2, 0.25) is 0 Å². The summed E-state index contributed by atoms with van der Waals surface area (Å²) in [6.07, 6.45) is 1.52. The Hall–Kier alpha value is -1.70. The third kappa shape index (κ3) is 2.13. The zero-order valence-electron chi connectivity index (χ0n) is 10.7. The molecule has 2 heterocycles. The molecule has 0 amide bonds. The highest BCUT2D eigenvalue weighted by Gasteiger charge is 2.28. The van der Waals surface area contributed by atoms with Crippen molar-refractivity contribution in [1.82, 2.24) is 9.29 Å². The summed E-state index contributed by atoms with van der Waals surface area (Å²) >= 11 is 0. The molecule has 1 aliphatic rings. The molecule has 0 unspecified atom stereocenters. The third-order valence-electron chi connectivity index (χ3n) is 3.30. The molecule has 0 radical (unpaired) electrons. The topological polar surface area (TPSA) is 79.7 Å². The molecule has 3 rings (SSSR count). The van der Waals surface area contributed by atoms with Gasteiger partial charge in [-0.05, 0) is 24.3 Å². The Kier molecular flexibility index (Phi) is 3.33. The summed E-state index contributed by atoms with van der Waals surface area (Å²) in [5.41, 5.74) is 0.293. The zero-order chi connectivity index (χ0) is 14.2. The predicted molar refractivity (Wildman–Crippen MR) is 73.0 cm³/mol.